The van der Waals surface area contributed by atoms with Crippen molar-refractivity contribution in [2.24, 2.45) is 0 Å². The number of hydrogen-bond acceptors (Lipinski definition) is 5. The van der Waals surface area contributed by atoms with Crippen LogP contribution in [0.15, 0.2) is 29.2 Å². The third kappa shape index (κ3) is 3.69. The molecule has 1 fully saturated rings. The summed E-state index contributed by atoms with van der Waals surface area (Å²) in [4.78, 5) is 0.337. The minimum atomic E-state index is -3.12. The molecule has 5 nitrogen and oxygen atoms in total. The van der Waals surface area contributed by atoms with Gasteiger partial charge in [-0.25, -0.2) is 8.42 Å². The van der Waals surface area contributed by atoms with Crippen LogP contribution in [0.1, 0.15) is 0 Å². The summed E-state index contributed by atoms with van der Waals surface area (Å²) in [6, 6.07) is 6.76. The van der Waals surface area contributed by atoms with Crippen LogP contribution in [-0.4, -0.2) is 47.0 Å². The second-order valence-corrected chi connectivity index (χ2v) is 6.39. The molecular formula is C12H18N2O3S. The van der Waals surface area contributed by atoms with E-state index in [0.717, 1.165) is 25.4 Å². The molecule has 100 valence electrons. The first-order valence-electron chi connectivity index (χ1n) is 5.92. The van der Waals surface area contributed by atoms with Gasteiger partial charge in [-0.05, 0) is 24.3 Å². The molecule has 1 aliphatic rings. The molecule has 0 aliphatic carbocycles. The Kier molecular flexibility index (Phi) is 4.21. The van der Waals surface area contributed by atoms with E-state index >= 15 is 0 Å². The molecule has 1 aliphatic heterocycles. The number of anilines is 1. The van der Waals surface area contributed by atoms with Crippen molar-refractivity contribution in [3.63, 3.8) is 0 Å². The molecule has 1 atom stereocenters. The number of nitrogens with one attached hydrogen (secondary N) is 2. The Morgan fingerprint density at radius 2 is 2.11 bits per heavy atom. The van der Waals surface area contributed by atoms with Gasteiger partial charge in [0, 0.05) is 31.6 Å². The molecule has 1 aromatic rings. The molecule has 2 N–H and O–H groups in total. The normalized spacial score (nSPS) is 20.6. The number of hydrogen-bond donors (Lipinski definition) is 2. The molecule has 0 aromatic heterocycles. The molecule has 1 heterocycles. The maximum atomic E-state index is 11.3. The summed E-state index contributed by atoms with van der Waals surface area (Å²) in [5, 5.41) is 6.49. The molecule has 0 spiro atoms. The maximum absolute atomic E-state index is 11.3. The van der Waals surface area contributed by atoms with E-state index in [1.165, 1.54) is 6.26 Å². The number of rotatable bonds is 4. The molecule has 0 radical (unpaired) electrons. The van der Waals surface area contributed by atoms with Crippen molar-refractivity contribution in [2.45, 2.75) is 11.0 Å². The largest absolute Gasteiger partial charge is 0.382 e. The summed E-state index contributed by atoms with van der Waals surface area (Å²) in [6.45, 7) is 3.19. The van der Waals surface area contributed by atoms with Gasteiger partial charge in [0.05, 0.1) is 17.6 Å². The van der Waals surface area contributed by atoms with Crippen molar-refractivity contribution in [2.75, 3.05) is 37.8 Å². The standard InChI is InChI=1S/C12H18N2O3S/c1-18(15,16)12-4-2-10(3-5-12)14-9-11-8-13-6-7-17-11/h2-5,11,13-14H,6-9H2,1H3. The van der Waals surface area contributed by atoms with E-state index in [9.17, 15) is 8.42 Å². The van der Waals surface area contributed by atoms with Gasteiger partial charge in [0.15, 0.2) is 9.84 Å². The Morgan fingerprint density at radius 1 is 1.39 bits per heavy atom. The van der Waals surface area contributed by atoms with Crippen LogP contribution in [0.2, 0.25) is 0 Å². The highest BCUT2D eigenvalue weighted by molar-refractivity contribution is 7.90. The second-order valence-electron chi connectivity index (χ2n) is 4.37. The van der Waals surface area contributed by atoms with Gasteiger partial charge in [-0.15, -0.1) is 0 Å². The monoisotopic (exact) mass is 270 g/mol. The fourth-order valence-corrected chi connectivity index (χ4v) is 2.43. The van der Waals surface area contributed by atoms with E-state index in [-0.39, 0.29) is 6.10 Å². The Labute approximate surface area is 107 Å². The van der Waals surface area contributed by atoms with E-state index in [1.807, 2.05) is 0 Å². The molecule has 18 heavy (non-hydrogen) atoms. The van der Waals surface area contributed by atoms with Gasteiger partial charge >= 0.3 is 0 Å². The first-order valence-corrected chi connectivity index (χ1v) is 7.81. The first kappa shape index (κ1) is 13.3. The molecular weight excluding hydrogens is 252 g/mol. The van der Waals surface area contributed by atoms with Gasteiger partial charge < -0.3 is 15.4 Å². The Morgan fingerprint density at radius 3 is 2.67 bits per heavy atom. The highest BCUT2D eigenvalue weighted by atomic mass is 32.2. The lowest BCUT2D eigenvalue weighted by molar-refractivity contribution is 0.0372. The van der Waals surface area contributed by atoms with Gasteiger partial charge in [-0.3, -0.25) is 0 Å². The number of benzene rings is 1. The Balaban J connectivity index is 1.90. The minimum Gasteiger partial charge on any atom is -0.382 e. The first-order chi connectivity index (χ1) is 8.55. The Hall–Kier alpha value is -1.11. The average molecular weight is 270 g/mol. The predicted octanol–water partition coefficient (Wildman–Crippen LogP) is 0.490. The zero-order valence-electron chi connectivity index (χ0n) is 10.3. The van der Waals surface area contributed by atoms with Crippen LogP contribution in [-0.2, 0) is 14.6 Å². The third-order valence-corrected chi connectivity index (χ3v) is 3.95. The van der Waals surface area contributed by atoms with E-state index in [1.54, 1.807) is 24.3 Å². The van der Waals surface area contributed by atoms with Crippen molar-refractivity contribution >= 4 is 15.5 Å². The molecule has 1 aromatic carbocycles. The highest BCUT2D eigenvalue weighted by Gasteiger charge is 2.12. The van der Waals surface area contributed by atoms with Crippen LogP contribution in [0.4, 0.5) is 5.69 Å². The van der Waals surface area contributed by atoms with E-state index in [2.05, 4.69) is 10.6 Å². The minimum absolute atomic E-state index is 0.160. The lowest BCUT2D eigenvalue weighted by Crippen LogP contribution is -2.42. The summed E-state index contributed by atoms with van der Waals surface area (Å²) >= 11 is 0. The fraction of sp³-hybridized carbons (Fsp3) is 0.500. The van der Waals surface area contributed by atoms with Crippen LogP contribution in [0.3, 0.4) is 0 Å². The maximum Gasteiger partial charge on any atom is 0.175 e. The average Bonchev–Trinajstić information content (AvgIpc) is 2.37. The van der Waals surface area contributed by atoms with Crippen molar-refractivity contribution in [3.05, 3.63) is 24.3 Å². The predicted molar refractivity (Wildman–Crippen MR) is 70.7 cm³/mol. The molecule has 0 saturated carbocycles. The highest BCUT2D eigenvalue weighted by Crippen LogP contribution is 2.14. The van der Waals surface area contributed by atoms with Gasteiger partial charge in [0.1, 0.15) is 0 Å². The zero-order valence-corrected chi connectivity index (χ0v) is 11.2. The van der Waals surface area contributed by atoms with E-state index in [0.29, 0.717) is 11.4 Å². The summed E-state index contributed by atoms with van der Waals surface area (Å²) in [6.07, 6.45) is 1.37. The van der Waals surface area contributed by atoms with Crippen molar-refractivity contribution in [1.82, 2.24) is 5.32 Å². The zero-order chi connectivity index (χ0) is 13.0. The van der Waals surface area contributed by atoms with Crippen molar-refractivity contribution in [1.29, 1.82) is 0 Å². The quantitative estimate of drug-likeness (QED) is 0.833. The lowest BCUT2D eigenvalue weighted by atomic mass is 10.2. The van der Waals surface area contributed by atoms with Gasteiger partial charge in [-0.2, -0.15) is 0 Å². The summed E-state index contributed by atoms with van der Waals surface area (Å²) < 4.78 is 28.2. The van der Waals surface area contributed by atoms with Crippen molar-refractivity contribution in [3.8, 4) is 0 Å². The van der Waals surface area contributed by atoms with Crippen LogP contribution < -0.4 is 10.6 Å². The summed E-state index contributed by atoms with van der Waals surface area (Å²) in [5.74, 6) is 0. The number of sulfone groups is 1. The van der Waals surface area contributed by atoms with Crippen LogP contribution >= 0.6 is 0 Å². The molecule has 1 saturated heterocycles. The molecule has 1 unspecified atom stereocenters. The number of ether oxygens (including phenoxy) is 1. The van der Waals surface area contributed by atoms with E-state index < -0.39 is 9.84 Å². The SMILES string of the molecule is CS(=O)(=O)c1ccc(NCC2CNCCO2)cc1. The third-order valence-electron chi connectivity index (χ3n) is 2.82. The van der Waals surface area contributed by atoms with Crippen LogP contribution in [0.5, 0.6) is 0 Å². The van der Waals surface area contributed by atoms with Crippen molar-refractivity contribution < 1.29 is 13.2 Å². The number of morpholine rings is 1. The molecule has 0 amide bonds. The van der Waals surface area contributed by atoms with Gasteiger partial charge in [-0.1, -0.05) is 0 Å². The second kappa shape index (κ2) is 5.69. The topological polar surface area (TPSA) is 67.4 Å². The van der Waals surface area contributed by atoms with Gasteiger partial charge in [0.25, 0.3) is 0 Å². The smallest absolute Gasteiger partial charge is 0.175 e. The fourth-order valence-electron chi connectivity index (χ4n) is 1.80. The summed E-state index contributed by atoms with van der Waals surface area (Å²) in [5.41, 5.74) is 0.900. The van der Waals surface area contributed by atoms with E-state index in [4.69, 9.17) is 4.74 Å². The van der Waals surface area contributed by atoms with Crippen LogP contribution in [0, 0.1) is 0 Å². The molecule has 2 rings (SSSR count). The van der Waals surface area contributed by atoms with Crippen LogP contribution in [0.25, 0.3) is 0 Å². The Bertz CT molecular complexity index is 479. The molecule has 0 bridgehead atoms. The summed E-state index contributed by atoms with van der Waals surface area (Å²) in [7, 11) is -3.12. The molecule has 6 heteroatoms. The van der Waals surface area contributed by atoms with Gasteiger partial charge in [0.2, 0.25) is 0 Å². The lowest BCUT2D eigenvalue weighted by Gasteiger charge is -2.24.